The Labute approximate surface area is 124 Å². The maximum absolute atomic E-state index is 3.47. The van der Waals surface area contributed by atoms with Gasteiger partial charge in [0.2, 0.25) is 0 Å². The molecule has 0 radical (unpaired) electrons. The van der Waals surface area contributed by atoms with E-state index in [1.807, 2.05) is 0 Å². The molecule has 0 aromatic heterocycles. The molecule has 1 aromatic carbocycles. The van der Waals surface area contributed by atoms with Crippen molar-refractivity contribution in [2.24, 2.45) is 0 Å². The van der Waals surface area contributed by atoms with Crippen molar-refractivity contribution in [3.8, 4) is 0 Å². The van der Waals surface area contributed by atoms with Gasteiger partial charge in [-0.25, -0.2) is 0 Å². The van der Waals surface area contributed by atoms with Crippen molar-refractivity contribution >= 4 is 0 Å². The summed E-state index contributed by atoms with van der Waals surface area (Å²) >= 11 is 0. The second kappa shape index (κ2) is 7.80. The van der Waals surface area contributed by atoms with Gasteiger partial charge in [-0.2, -0.15) is 0 Å². The lowest BCUT2D eigenvalue weighted by atomic mass is 10.0. The summed E-state index contributed by atoms with van der Waals surface area (Å²) in [5, 5.41) is 3.47. The Morgan fingerprint density at radius 1 is 1.15 bits per heavy atom. The van der Waals surface area contributed by atoms with Crippen LogP contribution in [0.4, 0.5) is 0 Å². The van der Waals surface area contributed by atoms with Crippen molar-refractivity contribution in [2.45, 2.75) is 65.1 Å². The Hall–Kier alpha value is -0.860. The molecular weight excluding hydrogens is 244 g/mol. The van der Waals surface area contributed by atoms with Gasteiger partial charge in [-0.3, -0.25) is 4.90 Å². The van der Waals surface area contributed by atoms with Crippen molar-refractivity contribution in [3.63, 3.8) is 0 Å². The zero-order valence-electron chi connectivity index (χ0n) is 13.4. The molecular formula is C18H30N2. The van der Waals surface area contributed by atoms with Crippen molar-refractivity contribution in [2.75, 3.05) is 13.1 Å². The minimum atomic E-state index is 0.579. The largest absolute Gasteiger partial charge is 0.314 e. The number of hydrogen-bond acceptors (Lipinski definition) is 2. The first-order chi connectivity index (χ1) is 9.65. The minimum absolute atomic E-state index is 0.579. The third-order valence-electron chi connectivity index (χ3n) is 4.32. The zero-order valence-corrected chi connectivity index (χ0v) is 13.4. The summed E-state index contributed by atoms with van der Waals surface area (Å²) in [5.41, 5.74) is 2.90. The summed E-state index contributed by atoms with van der Waals surface area (Å²) in [6, 6.07) is 10.5. The molecule has 112 valence electrons. The Bertz CT molecular complexity index is 383. The number of rotatable bonds is 6. The van der Waals surface area contributed by atoms with Gasteiger partial charge in [0, 0.05) is 18.6 Å². The standard InChI is InChI=1S/C18H30N2/c1-15(2)19-12-11-17-7-9-18(10-8-17)14-20-13-5-4-6-16(20)3/h7-10,15-16,19H,4-6,11-14H2,1-3H3. The summed E-state index contributed by atoms with van der Waals surface area (Å²) in [7, 11) is 0. The maximum Gasteiger partial charge on any atom is 0.0236 e. The first kappa shape index (κ1) is 15.5. The van der Waals surface area contributed by atoms with E-state index in [1.165, 1.54) is 36.9 Å². The number of piperidine rings is 1. The van der Waals surface area contributed by atoms with E-state index in [-0.39, 0.29) is 0 Å². The Kier molecular flexibility index (Phi) is 6.06. The highest BCUT2D eigenvalue weighted by atomic mass is 15.2. The van der Waals surface area contributed by atoms with Gasteiger partial charge in [0.15, 0.2) is 0 Å². The van der Waals surface area contributed by atoms with Crippen LogP contribution in [0.5, 0.6) is 0 Å². The van der Waals surface area contributed by atoms with Gasteiger partial charge in [0.05, 0.1) is 0 Å². The van der Waals surface area contributed by atoms with E-state index >= 15 is 0 Å². The molecule has 1 heterocycles. The second-order valence-electron chi connectivity index (χ2n) is 6.49. The molecule has 1 unspecified atom stereocenters. The average molecular weight is 274 g/mol. The summed E-state index contributed by atoms with van der Waals surface area (Å²) in [6.45, 7) is 10.2. The number of hydrogen-bond donors (Lipinski definition) is 1. The number of benzene rings is 1. The quantitative estimate of drug-likeness (QED) is 0.852. The number of nitrogens with zero attached hydrogens (tertiary/aromatic N) is 1. The molecule has 1 atom stereocenters. The summed E-state index contributed by atoms with van der Waals surface area (Å²) in [4.78, 5) is 2.62. The molecule has 0 aliphatic carbocycles. The van der Waals surface area contributed by atoms with Crippen LogP contribution in [0.1, 0.15) is 51.2 Å². The molecule has 0 spiro atoms. The predicted molar refractivity (Wildman–Crippen MR) is 87.0 cm³/mol. The molecule has 20 heavy (non-hydrogen) atoms. The predicted octanol–water partition coefficient (Wildman–Crippen LogP) is 3.60. The monoisotopic (exact) mass is 274 g/mol. The molecule has 1 fully saturated rings. The molecule has 0 bridgehead atoms. The van der Waals surface area contributed by atoms with E-state index in [4.69, 9.17) is 0 Å². The molecule has 0 amide bonds. The van der Waals surface area contributed by atoms with E-state index in [1.54, 1.807) is 0 Å². The van der Waals surface area contributed by atoms with Crippen LogP contribution in [0.2, 0.25) is 0 Å². The van der Waals surface area contributed by atoms with Gasteiger partial charge in [0.1, 0.15) is 0 Å². The van der Waals surface area contributed by atoms with E-state index < -0.39 is 0 Å². The van der Waals surface area contributed by atoms with Crippen molar-refractivity contribution in [3.05, 3.63) is 35.4 Å². The highest BCUT2D eigenvalue weighted by Crippen LogP contribution is 2.19. The summed E-state index contributed by atoms with van der Waals surface area (Å²) in [5.74, 6) is 0. The van der Waals surface area contributed by atoms with Crippen molar-refractivity contribution < 1.29 is 0 Å². The van der Waals surface area contributed by atoms with E-state index in [0.29, 0.717) is 6.04 Å². The van der Waals surface area contributed by atoms with Crippen LogP contribution >= 0.6 is 0 Å². The Balaban J connectivity index is 1.81. The molecule has 1 aliphatic heterocycles. The van der Waals surface area contributed by atoms with E-state index in [2.05, 4.69) is 55.3 Å². The summed E-state index contributed by atoms with van der Waals surface area (Å²) in [6.07, 6.45) is 5.25. The lowest BCUT2D eigenvalue weighted by Crippen LogP contribution is -2.36. The minimum Gasteiger partial charge on any atom is -0.314 e. The van der Waals surface area contributed by atoms with Gasteiger partial charge in [-0.15, -0.1) is 0 Å². The van der Waals surface area contributed by atoms with Gasteiger partial charge < -0.3 is 5.32 Å². The van der Waals surface area contributed by atoms with Gasteiger partial charge in [-0.05, 0) is 50.4 Å². The fourth-order valence-electron chi connectivity index (χ4n) is 2.94. The second-order valence-corrected chi connectivity index (χ2v) is 6.49. The third-order valence-corrected chi connectivity index (χ3v) is 4.32. The third kappa shape index (κ3) is 4.92. The SMILES string of the molecule is CC(C)NCCc1ccc(CN2CCCCC2C)cc1. The number of nitrogens with one attached hydrogen (secondary N) is 1. The Morgan fingerprint density at radius 2 is 1.85 bits per heavy atom. The van der Waals surface area contributed by atoms with Crippen LogP contribution in [0.15, 0.2) is 24.3 Å². The first-order valence-corrected chi connectivity index (χ1v) is 8.20. The topological polar surface area (TPSA) is 15.3 Å². The smallest absolute Gasteiger partial charge is 0.0236 e. The lowest BCUT2D eigenvalue weighted by Gasteiger charge is -2.33. The molecule has 2 nitrogen and oxygen atoms in total. The van der Waals surface area contributed by atoms with Crippen LogP contribution in [-0.2, 0) is 13.0 Å². The highest BCUT2D eigenvalue weighted by molar-refractivity contribution is 5.23. The Morgan fingerprint density at radius 3 is 2.50 bits per heavy atom. The van der Waals surface area contributed by atoms with Gasteiger partial charge in [-0.1, -0.05) is 44.5 Å². The number of likely N-dealkylation sites (tertiary alicyclic amines) is 1. The molecule has 1 aromatic rings. The van der Waals surface area contributed by atoms with Crippen LogP contribution in [-0.4, -0.2) is 30.1 Å². The van der Waals surface area contributed by atoms with E-state index in [9.17, 15) is 0 Å². The molecule has 0 saturated carbocycles. The van der Waals surface area contributed by atoms with Crippen LogP contribution in [0, 0.1) is 0 Å². The van der Waals surface area contributed by atoms with E-state index in [0.717, 1.165) is 25.6 Å². The van der Waals surface area contributed by atoms with Crippen LogP contribution < -0.4 is 5.32 Å². The zero-order chi connectivity index (χ0) is 14.4. The van der Waals surface area contributed by atoms with Gasteiger partial charge in [0.25, 0.3) is 0 Å². The van der Waals surface area contributed by atoms with Crippen molar-refractivity contribution in [1.82, 2.24) is 10.2 Å². The highest BCUT2D eigenvalue weighted by Gasteiger charge is 2.17. The molecule has 2 heteroatoms. The lowest BCUT2D eigenvalue weighted by molar-refractivity contribution is 0.152. The molecule has 1 N–H and O–H groups in total. The molecule has 1 aliphatic rings. The first-order valence-electron chi connectivity index (χ1n) is 8.20. The van der Waals surface area contributed by atoms with Gasteiger partial charge >= 0.3 is 0 Å². The van der Waals surface area contributed by atoms with Crippen LogP contribution in [0.3, 0.4) is 0 Å². The average Bonchev–Trinajstić information content (AvgIpc) is 2.43. The summed E-state index contributed by atoms with van der Waals surface area (Å²) < 4.78 is 0. The molecule has 1 saturated heterocycles. The maximum atomic E-state index is 3.47. The fraction of sp³-hybridized carbons (Fsp3) is 0.667. The fourth-order valence-corrected chi connectivity index (χ4v) is 2.94. The normalized spacial score (nSPS) is 20.5. The van der Waals surface area contributed by atoms with Crippen LogP contribution in [0.25, 0.3) is 0 Å². The molecule has 2 rings (SSSR count). The van der Waals surface area contributed by atoms with Crippen molar-refractivity contribution in [1.29, 1.82) is 0 Å².